The van der Waals surface area contributed by atoms with Gasteiger partial charge in [-0.25, -0.2) is 15.0 Å². The number of pyridine rings is 2. The van der Waals surface area contributed by atoms with Crippen LogP contribution in [0.1, 0.15) is 17.0 Å². The van der Waals surface area contributed by atoms with Crippen molar-refractivity contribution in [3.63, 3.8) is 0 Å². The van der Waals surface area contributed by atoms with Gasteiger partial charge in [-0.05, 0) is 36.8 Å². The van der Waals surface area contributed by atoms with Crippen molar-refractivity contribution in [3.8, 4) is 34.3 Å². The minimum atomic E-state index is -0.463. The standard InChI is InChI=1S/C33H32N6O5/c1-41-29-20-25-27(21-30(29)43-17-5-14-39-15-18-42-19-16-39)34-13-11-28(25)44-24-8-9-31(36-22-24)38-33(40)32-35-12-10-26(37-32)23-6-3-2-4-7-23/h2-4,6-13,20-22H,5,14-19H2,1H3,(H,36,38,40). The van der Waals surface area contributed by atoms with Gasteiger partial charge in [-0.1, -0.05) is 30.3 Å². The predicted octanol–water partition coefficient (Wildman–Crippen LogP) is 5.24. The number of hydrogen-bond donors (Lipinski definition) is 1. The van der Waals surface area contributed by atoms with Gasteiger partial charge in [-0.15, -0.1) is 0 Å². The molecule has 1 aliphatic rings. The average molecular weight is 593 g/mol. The number of hydrogen-bond acceptors (Lipinski definition) is 10. The van der Waals surface area contributed by atoms with Crippen LogP contribution in [0.25, 0.3) is 22.2 Å². The summed E-state index contributed by atoms with van der Waals surface area (Å²) in [4.78, 5) is 32.6. The zero-order valence-corrected chi connectivity index (χ0v) is 24.3. The lowest BCUT2D eigenvalue weighted by Crippen LogP contribution is -2.37. The van der Waals surface area contributed by atoms with Crippen molar-refractivity contribution in [3.05, 3.63) is 91.1 Å². The summed E-state index contributed by atoms with van der Waals surface area (Å²) in [5, 5.41) is 3.50. The van der Waals surface area contributed by atoms with E-state index in [9.17, 15) is 4.79 Å². The van der Waals surface area contributed by atoms with Crippen molar-refractivity contribution >= 4 is 22.6 Å². The average Bonchev–Trinajstić information content (AvgIpc) is 3.08. The minimum absolute atomic E-state index is 0.0473. The summed E-state index contributed by atoms with van der Waals surface area (Å²) in [5.74, 6) is 2.22. The van der Waals surface area contributed by atoms with Crippen molar-refractivity contribution in [2.75, 3.05) is 51.9 Å². The quantitative estimate of drug-likeness (QED) is 0.204. The summed E-state index contributed by atoms with van der Waals surface area (Å²) in [7, 11) is 1.61. The molecule has 1 amide bonds. The highest BCUT2D eigenvalue weighted by Gasteiger charge is 2.15. The number of benzene rings is 2. The molecule has 6 rings (SSSR count). The molecule has 44 heavy (non-hydrogen) atoms. The third kappa shape index (κ3) is 7.08. The number of carbonyl (C=O) groups is 1. The largest absolute Gasteiger partial charge is 0.493 e. The van der Waals surface area contributed by atoms with Crippen LogP contribution in [-0.2, 0) is 4.74 Å². The fourth-order valence-electron chi connectivity index (χ4n) is 4.84. The highest BCUT2D eigenvalue weighted by Crippen LogP contribution is 2.37. The van der Waals surface area contributed by atoms with Gasteiger partial charge in [0.1, 0.15) is 17.3 Å². The number of nitrogens with one attached hydrogen (secondary N) is 1. The molecule has 1 saturated heterocycles. The number of fused-ring (bicyclic) bond motifs is 1. The first-order valence-corrected chi connectivity index (χ1v) is 14.4. The Morgan fingerprint density at radius 1 is 0.932 bits per heavy atom. The van der Waals surface area contributed by atoms with Crippen LogP contribution in [0.3, 0.4) is 0 Å². The molecule has 0 radical (unpaired) electrons. The maximum atomic E-state index is 12.8. The molecular weight excluding hydrogens is 560 g/mol. The van der Waals surface area contributed by atoms with E-state index in [1.807, 2.05) is 42.5 Å². The number of morpholine rings is 1. The lowest BCUT2D eigenvalue weighted by atomic mass is 10.1. The Balaban J connectivity index is 1.10. The van der Waals surface area contributed by atoms with Gasteiger partial charge in [-0.2, -0.15) is 0 Å². The van der Waals surface area contributed by atoms with Gasteiger partial charge < -0.3 is 24.3 Å². The first-order valence-electron chi connectivity index (χ1n) is 14.4. The van der Waals surface area contributed by atoms with E-state index < -0.39 is 5.91 Å². The van der Waals surface area contributed by atoms with E-state index in [0.29, 0.717) is 46.6 Å². The molecule has 0 aliphatic carbocycles. The summed E-state index contributed by atoms with van der Waals surface area (Å²) in [5.41, 5.74) is 2.26. The summed E-state index contributed by atoms with van der Waals surface area (Å²) in [6.45, 7) is 5.00. The normalized spacial score (nSPS) is 13.4. The number of aromatic nitrogens is 4. The van der Waals surface area contributed by atoms with Crippen molar-refractivity contribution in [2.24, 2.45) is 0 Å². The van der Waals surface area contributed by atoms with Crippen LogP contribution in [0.2, 0.25) is 0 Å². The molecule has 1 aliphatic heterocycles. The number of carbonyl (C=O) groups excluding carboxylic acids is 1. The van der Waals surface area contributed by atoms with Crippen LogP contribution in [0, 0.1) is 0 Å². The van der Waals surface area contributed by atoms with E-state index in [-0.39, 0.29) is 5.82 Å². The third-order valence-electron chi connectivity index (χ3n) is 7.10. The molecule has 11 heteroatoms. The lowest BCUT2D eigenvalue weighted by molar-refractivity contribution is 0.0357. The van der Waals surface area contributed by atoms with Crippen molar-refractivity contribution < 1.29 is 23.7 Å². The Bertz CT molecular complexity index is 1710. The van der Waals surface area contributed by atoms with E-state index >= 15 is 0 Å². The van der Waals surface area contributed by atoms with E-state index in [1.165, 1.54) is 6.20 Å². The van der Waals surface area contributed by atoms with E-state index in [0.717, 1.165) is 50.2 Å². The van der Waals surface area contributed by atoms with Crippen LogP contribution in [-0.4, -0.2) is 77.3 Å². The number of amides is 1. The third-order valence-corrected chi connectivity index (χ3v) is 7.10. The molecule has 4 heterocycles. The monoisotopic (exact) mass is 592 g/mol. The molecule has 0 spiro atoms. The van der Waals surface area contributed by atoms with Gasteiger partial charge in [0, 0.05) is 49.0 Å². The Kier molecular flexibility index (Phi) is 9.15. The van der Waals surface area contributed by atoms with Crippen molar-refractivity contribution in [1.82, 2.24) is 24.8 Å². The maximum Gasteiger partial charge on any atom is 0.294 e. The second-order valence-corrected chi connectivity index (χ2v) is 10.1. The molecule has 1 fully saturated rings. The van der Waals surface area contributed by atoms with Gasteiger partial charge in [0.2, 0.25) is 5.82 Å². The number of rotatable bonds is 11. The zero-order valence-electron chi connectivity index (χ0n) is 24.3. The predicted molar refractivity (Wildman–Crippen MR) is 165 cm³/mol. The number of nitrogens with zero attached hydrogens (tertiary/aromatic N) is 5. The van der Waals surface area contributed by atoms with Gasteiger partial charge in [0.25, 0.3) is 5.91 Å². The minimum Gasteiger partial charge on any atom is -0.493 e. The second kappa shape index (κ2) is 13.9. The first-order chi connectivity index (χ1) is 21.7. The van der Waals surface area contributed by atoms with Gasteiger partial charge in [0.15, 0.2) is 11.5 Å². The second-order valence-electron chi connectivity index (χ2n) is 10.1. The molecule has 5 aromatic rings. The zero-order chi connectivity index (χ0) is 30.1. The van der Waals surface area contributed by atoms with Crippen LogP contribution in [0.15, 0.2) is 85.3 Å². The Labute approximate surface area is 254 Å². The molecular formula is C33H32N6O5. The molecule has 0 atom stereocenters. The van der Waals surface area contributed by atoms with Crippen LogP contribution >= 0.6 is 0 Å². The molecule has 2 aromatic carbocycles. The molecule has 0 bridgehead atoms. The van der Waals surface area contributed by atoms with E-state index in [2.05, 4.69) is 30.2 Å². The van der Waals surface area contributed by atoms with Gasteiger partial charge in [0.05, 0.1) is 44.3 Å². The summed E-state index contributed by atoms with van der Waals surface area (Å²) >= 11 is 0. The van der Waals surface area contributed by atoms with Crippen LogP contribution in [0.4, 0.5) is 5.82 Å². The Morgan fingerprint density at radius 3 is 2.57 bits per heavy atom. The fraction of sp³-hybridized carbons (Fsp3) is 0.242. The van der Waals surface area contributed by atoms with Crippen molar-refractivity contribution in [1.29, 1.82) is 0 Å². The molecule has 0 saturated carbocycles. The van der Waals surface area contributed by atoms with Gasteiger partial charge in [-0.3, -0.25) is 14.7 Å². The fourth-order valence-corrected chi connectivity index (χ4v) is 4.84. The van der Waals surface area contributed by atoms with Crippen molar-refractivity contribution in [2.45, 2.75) is 6.42 Å². The molecule has 1 N–H and O–H groups in total. The summed E-state index contributed by atoms with van der Waals surface area (Å²) < 4.78 is 23.3. The summed E-state index contributed by atoms with van der Waals surface area (Å²) in [6, 6.07) is 20.2. The lowest BCUT2D eigenvalue weighted by Gasteiger charge is -2.26. The molecule has 0 unspecified atom stereocenters. The van der Waals surface area contributed by atoms with Crippen LogP contribution in [0.5, 0.6) is 23.0 Å². The first kappa shape index (κ1) is 29.0. The molecule has 224 valence electrons. The highest BCUT2D eigenvalue weighted by atomic mass is 16.5. The SMILES string of the molecule is COc1cc2c(Oc3ccc(NC(=O)c4nccc(-c5ccccc5)n4)nc3)ccnc2cc1OCCCN1CCOCC1. The Hall–Kier alpha value is -5.13. The van der Waals surface area contributed by atoms with E-state index in [1.54, 1.807) is 43.8 Å². The maximum absolute atomic E-state index is 12.8. The van der Waals surface area contributed by atoms with Crippen LogP contribution < -0.4 is 19.5 Å². The number of ether oxygens (including phenoxy) is 4. The Morgan fingerprint density at radius 2 is 1.77 bits per heavy atom. The molecule has 3 aromatic heterocycles. The van der Waals surface area contributed by atoms with E-state index in [4.69, 9.17) is 18.9 Å². The summed E-state index contributed by atoms with van der Waals surface area (Å²) in [6.07, 6.45) is 5.67. The molecule has 11 nitrogen and oxygen atoms in total. The van der Waals surface area contributed by atoms with Gasteiger partial charge >= 0.3 is 0 Å². The number of methoxy groups -OCH3 is 1. The topological polar surface area (TPSA) is 121 Å². The highest BCUT2D eigenvalue weighted by molar-refractivity contribution is 6.01. The number of anilines is 1. The smallest absolute Gasteiger partial charge is 0.294 e.